The predicted molar refractivity (Wildman–Crippen MR) is 94.3 cm³/mol. The van der Waals surface area contributed by atoms with E-state index >= 15 is 0 Å². The maximum atomic E-state index is 11.8. The lowest BCUT2D eigenvalue weighted by atomic mass is 10.1. The third-order valence-electron chi connectivity index (χ3n) is 3.38. The molecule has 2 aromatic carbocycles. The van der Waals surface area contributed by atoms with Gasteiger partial charge in [-0.2, -0.15) is 0 Å². The fraction of sp³-hybridized carbons (Fsp3) is 0.278. The van der Waals surface area contributed by atoms with Crippen LogP contribution in [0.3, 0.4) is 0 Å². The Bertz CT molecular complexity index is 629. The van der Waals surface area contributed by atoms with Crippen LogP contribution in [0.15, 0.2) is 48.5 Å². The summed E-state index contributed by atoms with van der Waals surface area (Å²) in [4.78, 5) is 11.8. The van der Waals surface area contributed by atoms with Crippen molar-refractivity contribution in [1.29, 1.82) is 0 Å². The molecule has 0 bridgehead atoms. The third kappa shape index (κ3) is 6.30. The van der Waals surface area contributed by atoms with E-state index in [4.69, 9.17) is 16.3 Å². The van der Waals surface area contributed by atoms with Crippen LogP contribution in [-0.4, -0.2) is 26.1 Å². The predicted octanol–water partition coefficient (Wildman–Crippen LogP) is 3.51. The highest BCUT2D eigenvalue weighted by Crippen LogP contribution is 2.15. The van der Waals surface area contributed by atoms with Crippen LogP contribution in [0.1, 0.15) is 12.0 Å². The van der Waals surface area contributed by atoms with Gasteiger partial charge in [-0.1, -0.05) is 23.7 Å². The van der Waals surface area contributed by atoms with Crippen molar-refractivity contribution in [3.05, 3.63) is 59.1 Å². The number of halogens is 1. The van der Waals surface area contributed by atoms with Crippen LogP contribution in [0.4, 0.5) is 5.69 Å². The first-order chi connectivity index (χ1) is 11.2. The molecule has 0 saturated carbocycles. The number of carbonyl (C=O) groups is 1. The molecule has 0 aromatic heterocycles. The van der Waals surface area contributed by atoms with Crippen molar-refractivity contribution in [3.63, 3.8) is 0 Å². The Kier molecular flexibility index (Phi) is 6.91. The lowest BCUT2D eigenvalue weighted by Gasteiger charge is -2.07. The Morgan fingerprint density at radius 1 is 1.13 bits per heavy atom. The van der Waals surface area contributed by atoms with Gasteiger partial charge in [-0.15, -0.1) is 0 Å². The Morgan fingerprint density at radius 2 is 1.91 bits per heavy atom. The molecule has 0 aliphatic heterocycles. The number of anilines is 1. The molecule has 0 heterocycles. The van der Waals surface area contributed by atoms with Crippen molar-refractivity contribution in [2.24, 2.45) is 0 Å². The van der Waals surface area contributed by atoms with Crippen molar-refractivity contribution in [2.75, 3.05) is 25.5 Å². The summed E-state index contributed by atoms with van der Waals surface area (Å²) in [6.07, 6.45) is 1.32. The number of rotatable bonds is 8. The van der Waals surface area contributed by atoms with Gasteiger partial charge in [0.05, 0.1) is 7.11 Å². The molecule has 1 amide bonds. The average Bonchev–Trinajstić information content (AvgIpc) is 2.55. The number of methoxy groups -OCH3 is 1. The number of amides is 1. The van der Waals surface area contributed by atoms with Crippen molar-refractivity contribution < 1.29 is 9.53 Å². The molecule has 0 spiro atoms. The second kappa shape index (κ2) is 9.18. The minimum absolute atomic E-state index is 0.00887. The van der Waals surface area contributed by atoms with Gasteiger partial charge in [-0.25, -0.2) is 0 Å². The molecule has 2 N–H and O–H groups in total. The van der Waals surface area contributed by atoms with Crippen LogP contribution < -0.4 is 15.4 Å². The minimum Gasteiger partial charge on any atom is -0.497 e. The standard InChI is InChI=1S/C18H21ClN2O2/c1-23-17-7-5-16(6-8-17)21-18(22)10-12-20-11-9-14-3-2-4-15(19)13-14/h2-8,13,20H,9-12H2,1H3,(H,21,22). The van der Waals surface area contributed by atoms with Crippen molar-refractivity contribution in [3.8, 4) is 5.75 Å². The van der Waals surface area contributed by atoms with E-state index in [-0.39, 0.29) is 5.91 Å². The first kappa shape index (κ1) is 17.3. The summed E-state index contributed by atoms with van der Waals surface area (Å²) in [5.74, 6) is 0.760. The van der Waals surface area contributed by atoms with Crippen LogP contribution in [-0.2, 0) is 11.2 Å². The Hall–Kier alpha value is -2.04. The summed E-state index contributed by atoms with van der Waals surface area (Å²) in [5.41, 5.74) is 1.96. The molecule has 23 heavy (non-hydrogen) atoms. The molecule has 2 aromatic rings. The molecule has 4 nitrogen and oxygen atoms in total. The first-order valence-corrected chi connectivity index (χ1v) is 7.94. The summed E-state index contributed by atoms with van der Waals surface area (Å²) in [5, 5.41) is 6.87. The maximum Gasteiger partial charge on any atom is 0.225 e. The maximum absolute atomic E-state index is 11.8. The quantitative estimate of drug-likeness (QED) is 0.727. The van der Waals surface area contributed by atoms with Crippen molar-refractivity contribution >= 4 is 23.2 Å². The van der Waals surface area contributed by atoms with Gasteiger partial charge >= 0.3 is 0 Å². The number of hydrogen-bond acceptors (Lipinski definition) is 3. The first-order valence-electron chi connectivity index (χ1n) is 7.56. The molecule has 5 heteroatoms. The topological polar surface area (TPSA) is 50.4 Å². The number of hydrogen-bond donors (Lipinski definition) is 2. The molecule has 2 rings (SSSR count). The number of nitrogens with one attached hydrogen (secondary N) is 2. The molecular formula is C18H21ClN2O2. The van der Waals surface area contributed by atoms with E-state index in [1.807, 2.05) is 48.5 Å². The zero-order chi connectivity index (χ0) is 16.5. The second-order valence-corrected chi connectivity index (χ2v) is 5.59. The van der Waals surface area contributed by atoms with Crippen LogP contribution in [0.5, 0.6) is 5.75 Å². The van der Waals surface area contributed by atoms with Gasteiger partial charge < -0.3 is 15.4 Å². The van der Waals surface area contributed by atoms with Crippen LogP contribution in [0, 0.1) is 0 Å². The Labute approximate surface area is 141 Å². The fourth-order valence-corrected chi connectivity index (χ4v) is 2.36. The van der Waals surface area contributed by atoms with E-state index in [1.54, 1.807) is 7.11 Å². The molecule has 0 atom stereocenters. The lowest BCUT2D eigenvalue weighted by Crippen LogP contribution is -2.23. The average molecular weight is 333 g/mol. The molecule has 0 fully saturated rings. The summed E-state index contributed by atoms with van der Waals surface area (Å²) < 4.78 is 5.08. The number of ether oxygens (including phenoxy) is 1. The molecule has 122 valence electrons. The largest absolute Gasteiger partial charge is 0.497 e. The molecule has 0 aliphatic carbocycles. The zero-order valence-corrected chi connectivity index (χ0v) is 13.9. The van der Waals surface area contributed by atoms with Crippen LogP contribution >= 0.6 is 11.6 Å². The zero-order valence-electron chi connectivity index (χ0n) is 13.1. The van der Waals surface area contributed by atoms with Gasteiger partial charge in [0.2, 0.25) is 5.91 Å². The van der Waals surface area contributed by atoms with Crippen molar-refractivity contribution in [1.82, 2.24) is 5.32 Å². The summed E-state index contributed by atoms with van der Waals surface area (Å²) in [6, 6.07) is 15.1. The van der Waals surface area contributed by atoms with Gasteiger partial charge in [0.25, 0.3) is 0 Å². The van der Waals surface area contributed by atoms with E-state index in [9.17, 15) is 4.79 Å². The summed E-state index contributed by atoms with van der Waals surface area (Å²) in [6.45, 7) is 1.46. The smallest absolute Gasteiger partial charge is 0.225 e. The normalized spacial score (nSPS) is 10.3. The van der Waals surface area contributed by atoms with E-state index in [1.165, 1.54) is 5.56 Å². The van der Waals surface area contributed by atoms with Crippen molar-refractivity contribution in [2.45, 2.75) is 12.8 Å². The Morgan fingerprint density at radius 3 is 2.61 bits per heavy atom. The van der Waals surface area contributed by atoms with Gasteiger partial charge in [-0.05, 0) is 54.9 Å². The second-order valence-electron chi connectivity index (χ2n) is 5.16. The van der Waals surface area contributed by atoms with E-state index in [0.29, 0.717) is 13.0 Å². The highest BCUT2D eigenvalue weighted by atomic mass is 35.5. The lowest BCUT2D eigenvalue weighted by molar-refractivity contribution is -0.116. The summed E-state index contributed by atoms with van der Waals surface area (Å²) >= 11 is 5.94. The molecule has 0 unspecified atom stereocenters. The van der Waals surface area contributed by atoms with Crippen LogP contribution in [0.2, 0.25) is 5.02 Å². The molecular weight excluding hydrogens is 312 g/mol. The fourth-order valence-electron chi connectivity index (χ4n) is 2.15. The number of benzene rings is 2. The van der Waals surface area contributed by atoms with Gasteiger partial charge in [0, 0.05) is 23.7 Å². The van der Waals surface area contributed by atoms with Crippen LogP contribution in [0.25, 0.3) is 0 Å². The highest BCUT2D eigenvalue weighted by molar-refractivity contribution is 6.30. The Balaban J connectivity index is 1.62. The minimum atomic E-state index is -0.00887. The van der Waals surface area contributed by atoms with Gasteiger partial charge in [-0.3, -0.25) is 4.79 Å². The third-order valence-corrected chi connectivity index (χ3v) is 3.62. The van der Waals surface area contributed by atoms with Gasteiger partial charge in [0.1, 0.15) is 5.75 Å². The van der Waals surface area contributed by atoms with E-state index in [2.05, 4.69) is 10.6 Å². The monoisotopic (exact) mass is 332 g/mol. The van der Waals surface area contributed by atoms with Gasteiger partial charge in [0.15, 0.2) is 0 Å². The van der Waals surface area contributed by atoms with E-state index < -0.39 is 0 Å². The number of carbonyl (C=O) groups excluding carboxylic acids is 1. The SMILES string of the molecule is COc1ccc(NC(=O)CCNCCc2cccc(Cl)c2)cc1. The molecule has 0 aliphatic rings. The highest BCUT2D eigenvalue weighted by Gasteiger charge is 2.02. The summed E-state index contributed by atoms with van der Waals surface area (Å²) in [7, 11) is 1.61. The molecule has 0 radical (unpaired) electrons. The molecule has 0 saturated heterocycles. The van der Waals surface area contributed by atoms with E-state index in [0.717, 1.165) is 29.4 Å².